The van der Waals surface area contributed by atoms with Gasteiger partial charge in [0.25, 0.3) is 0 Å². The maximum absolute atomic E-state index is 6.46. The molecular formula is C17H20BrNO. The van der Waals surface area contributed by atoms with Crippen LogP contribution < -0.4 is 10.5 Å². The van der Waals surface area contributed by atoms with Gasteiger partial charge in [0.2, 0.25) is 0 Å². The molecule has 1 atom stereocenters. The number of rotatable bonds is 3. The van der Waals surface area contributed by atoms with Crippen molar-refractivity contribution in [2.24, 2.45) is 5.73 Å². The largest absolute Gasteiger partial charge is 0.496 e. The van der Waals surface area contributed by atoms with Crippen molar-refractivity contribution in [1.82, 2.24) is 0 Å². The lowest BCUT2D eigenvalue weighted by molar-refractivity contribution is 0.411. The number of halogens is 1. The fourth-order valence-corrected chi connectivity index (χ4v) is 3.16. The molecule has 2 aromatic carbocycles. The molecule has 0 radical (unpaired) electrons. The highest BCUT2D eigenvalue weighted by molar-refractivity contribution is 9.10. The van der Waals surface area contributed by atoms with E-state index in [2.05, 4.69) is 54.0 Å². The number of methoxy groups -OCH3 is 1. The van der Waals surface area contributed by atoms with Gasteiger partial charge in [-0.25, -0.2) is 0 Å². The van der Waals surface area contributed by atoms with Gasteiger partial charge in [0.1, 0.15) is 5.75 Å². The zero-order chi connectivity index (χ0) is 14.9. The van der Waals surface area contributed by atoms with E-state index in [1.165, 1.54) is 5.56 Å². The average Bonchev–Trinajstić information content (AvgIpc) is 2.40. The molecule has 2 nitrogen and oxygen atoms in total. The molecule has 0 aliphatic heterocycles. The Labute approximate surface area is 129 Å². The maximum Gasteiger partial charge on any atom is 0.122 e. The van der Waals surface area contributed by atoms with Gasteiger partial charge in [-0.3, -0.25) is 0 Å². The molecule has 0 aromatic heterocycles. The van der Waals surface area contributed by atoms with Crippen LogP contribution in [-0.4, -0.2) is 7.11 Å². The summed E-state index contributed by atoms with van der Waals surface area (Å²) in [6, 6.07) is 10.3. The fourth-order valence-electron chi connectivity index (χ4n) is 2.42. The summed E-state index contributed by atoms with van der Waals surface area (Å²) in [5.41, 5.74) is 12.2. The molecule has 2 N–H and O–H groups in total. The summed E-state index contributed by atoms with van der Waals surface area (Å²) in [6.45, 7) is 6.18. The molecule has 0 aliphatic rings. The Morgan fingerprint density at radius 2 is 1.70 bits per heavy atom. The lowest BCUT2D eigenvalue weighted by atomic mass is 9.93. The van der Waals surface area contributed by atoms with Crippen molar-refractivity contribution in [3.8, 4) is 5.75 Å². The molecule has 0 spiro atoms. The average molecular weight is 334 g/mol. The Balaban J connectivity index is 2.48. The highest BCUT2D eigenvalue weighted by Crippen LogP contribution is 2.32. The first kappa shape index (κ1) is 15.1. The third kappa shape index (κ3) is 2.89. The van der Waals surface area contributed by atoms with Crippen LogP contribution in [0, 0.1) is 20.8 Å². The van der Waals surface area contributed by atoms with Crippen molar-refractivity contribution in [3.05, 3.63) is 62.6 Å². The standard InChI is InChI=1S/C17H20BrNO/c1-10-5-6-13(15(18)7-10)17(19)14-8-12(3)16(20-4)9-11(14)2/h5-9,17H,19H2,1-4H3. The SMILES string of the molecule is COc1cc(C)c(C(N)c2ccc(C)cc2Br)cc1C. The predicted molar refractivity (Wildman–Crippen MR) is 87.4 cm³/mol. The smallest absolute Gasteiger partial charge is 0.122 e. The summed E-state index contributed by atoms with van der Waals surface area (Å²) in [6.07, 6.45) is 0. The summed E-state index contributed by atoms with van der Waals surface area (Å²) in [5.74, 6) is 0.904. The van der Waals surface area contributed by atoms with Gasteiger partial charge in [-0.2, -0.15) is 0 Å². The second-order valence-corrected chi connectivity index (χ2v) is 6.04. The minimum atomic E-state index is -0.144. The minimum absolute atomic E-state index is 0.144. The van der Waals surface area contributed by atoms with E-state index in [1.54, 1.807) is 7.11 Å². The lowest BCUT2D eigenvalue weighted by Gasteiger charge is -2.19. The predicted octanol–water partition coefficient (Wildman–Crippen LogP) is 4.43. The van der Waals surface area contributed by atoms with Crippen molar-refractivity contribution >= 4 is 15.9 Å². The zero-order valence-corrected chi connectivity index (χ0v) is 13.9. The molecule has 0 fully saturated rings. The summed E-state index contributed by atoms with van der Waals surface area (Å²) in [4.78, 5) is 0. The van der Waals surface area contributed by atoms with Crippen LogP contribution in [0.2, 0.25) is 0 Å². The van der Waals surface area contributed by atoms with E-state index >= 15 is 0 Å². The molecule has 0 bridgehead atoms. The molecular weight excluding hydrogens is 314 g/mol. The van der Waals surface area contributed by atoms with Crippen LogP contribution in [0.25, 0.3) is 0 Å². The van der Waals surface area contributed by atoms with E-state index in [-0.39, 0.29) is 6.04 Å². The quantitative estimate of drug-likeness (QED) is 0.901. The van der Waals surface area contributed by atoms with Gasteiger partial charge in [0.05, 0.1) is 13.2 Å². The van der Waals surface area contributed by atoms with Gasteiger partial charge in [-0.05, 0) is 60.7 Å². The van der Waals surface area contributed by atoms with Gasteiger partial charge in [0, 0.05) is 4.47 Å². The van der Waals surface area contributed by atoms with Crippen LogP contribution in [0.5, 0.6) is 5.75 Å². The monoisotopic (exact) mass is 333 g/mol. The van der Waals surface area contributed by atoms with E-state index in [0.29, 0.717) is 0 Å². The Hall–Kier alpha value is -1.32. The van der Waals surface area contributed by atoms with E-state index in [0.717, 1.165) is 32.5 Å². The molecule has 0 aliphatic carbocycles. The van der Waals surface area contributed by atoms with Crippen LogP contribution in [0.15, 0.2) is 34.8 Å². The second-order valence-electron chi connectivity index (χ2n) is 5.18. The topological polar surface area (TPSA) is 35.2 Å². The van der Waals surface area contributed by atoms with Gasteiger partial charge in [-0.15, -0.1) is 0 Å². The van der Waals surface area contributed by atoms with Crippen LogP contribution in [0.3, 0.4) is 0 Å². The summed E-state index contributed by atoms with van der Waals surface area (Å²) < 4.78 is 6.41. The lowest BCUT2D eigenvalue weighted by Crippen LogP contribution is -2.14. The molecule has 0 saturated carbocycles. The normalized spacial score (nSPS) is 12.3. The molecule has 0 saturated heterocycles. The van der Waals surface area contributed by atoms with E-state index in [1.807, 2.05) is 13.0 Å². The van der Waals surface area contributed by atoms with E-state index in [9.17, 15) is 0 Å². The molecule has 106 valence electrons. The first-order chi connectivity index (χ1) is 9.43. The number of hydrogen-bond acceptors (Lipinski definition) is 2. The third-order valence-electron chi connectivity index (χ3n) is 3.61. The van der Waals surface area contributed by atoms with E-state index in [4.69, 9.17) is 10.5 Å². The maximum atomic E-state index is 6.46. The second kappa shape index (κ2) is 5.98. The summed E-state index contributed by atoms with van der Waals surface area (Å²) >= 11 is 3.61. The Morgan fingerprint density at radius 3 is 2.30 bits per heavy atom. The summed E-state index contributed by atoms with van der Waals surface area (Å²) in [5, 5.41) is 0. The number of nitrogens with two attached hydrogens (primary N) is 1. The van der Waals surface area contributed by atoms with Crippen molar-refractivity contribution in [1.29, 1.82) is 0 Å². The van der Waals surface area contributed by atoms with Crippen molar-refractivity contribution in [3.63, 3.8) is 0 Å². The van der Waals surface area contributed by atoms with Gasteiger partial charge < -0.3 is 10.5 Å². The van der Waals surface area contributed by atoms with Gasteiger partial charge in [-0.1, -0.05) is 34.1 Å². The minimum Gasteiger partial charge on any atom is -0.496 e. The Bertz CT molecular complexity index is 637. The van der Waals surface area contributed by atoms with Gasteiger partial charge >= 0.3 is 0 Å². The third-order valence-corrected chi connectivity index (χ3v) is 4.30. The number of aryl methyl sites for hydroxylation is 3. The van der Waals surface area contributed by atoms with Crippen LogP contribution in [0.1, 0.15) is 33.9 Å². The van der Waals surface area contributed by atoms with Crippen molar-refractivity contribution in [2.75, 3.05) is 7.11 Å². The Kier molecular flexibility index (Phi) is 4.51. The molecule has 2 aromatic rings. The number of benzene rings is 2. The first-order valence-corrected chi connectivity index (χ1v) is 7.40. The molecule has 2 rings (SSSR count). The van der Waals surface area contributed by atoms with Crippen LogP contribution >= 0.6 is 15.9 Å². The molecule has 0 amide bonds. The first-order valence-electron chi connectivity index (χ1n) is 6.60. The Morgan fingerprint density at radius 1 is 1.00 bits per heavy atom. The molecule has 3 heteroatoms. The highest BCUT2D eigenvalue weighted by Gasteiger charge is 2.16. The number of hydrogen-bond donors (Lipinski definition) is 1. The van der Waals surface area contributed by atoms with Crippen molar-refractivity contribution < 1.29 is 4.74 Å². The fraction of sp³-hybridized carbons (Fsp3) is 0.294. The van der Waals surface area contributed by atoms with Crippen LogP contribution in [0.4, 0.5) is 0 Å². The molecule has 1 unspecified atom stereocenters. The van der Waals surface area contributed by atoms with E-state index < -0.39 is 0 Å². The van der Waals surface area contributed by atoms with Crippen molar-refractivity contribution in [2.45, 2.75) is 26.8 Å². The number of ether oxygens (including phenoxy) is 1. The highest BCUT2D eigenvalue weighted by atomic mass is 79.9. The van der Waals surface area contributed by atoms with Crippen LogP contribution in [-0.2, 0) is 0 Å². The molecule has 0 heterocycles. The summed E-state index contributed by atoms with van der Waals surface area (Å²) in [7, 11) is 1.69. The zero-order valence-electron chi connectivity index (χ0n) is 12.3. The van der Waals surface area contributed by atoms with Gasteiger partial charge in [0.15, 0.2) is 0 Å². The molecule has 20 heavy (non-hydrogen) atoms.